The predicted octanol–water partition coefficient (Wildman–Crippen LogP) is 3.36. The minimum atomic E-state index is 0.653. The van der Waals surface area contributed by atoms with Crippen LogP contribution in [0.3, 0.4) is 0 Å². The average Bonchev–Trinajstić information content (AvgIpc) is 2.39. The molecule has 0 aliphatic heterocycles. The second-order valence-electron chi connectivity index (χ2n) is 4.30. The lowest BCUT2D eigenvalue weighted by atomic mass is 10.3. The first kappa shape index (κ1) is 14.1. The molecule has 0 bridgehead atoms. The first-order valence-corrected chi connectivity index (χ1v) is 6.80. The van der Waals surface area contributed by atoms with Crippen molar-refractivity contribution in [2.24, 2.45) is 0 Å². The van der Waals surface area contributed by atoms with Crippen LogP contribution in [0, 0.1) is 6.92 Å². The van der Waals surface area contributed by atoms with Gasteiger partial charge in [-0.2, -0.15) is 0 Å². The number of anilines is 3. The van der Waals surface area contributed by atoms with Crippen LogP contribution in [-0.4, -0.2) is 23.1 Å². The van der Waals surface area contributed by atoms with E-state index in [-0.39, 0.29) is 0 Å². The van der Waals surface area contributed by atoms with E-state index < -0.39 is 0 Å². The number of aryl methyl sites for hydroxylation is 1. The lowest BCUT2D eigenvalue weighted by Crippen LogP contribution is -2.04. The van der Waals surface area contributed by atoms with Crippen molar-refractivity contribution in [2.75, 3.05) is 23.8 Å². The van der Waals surface area contributed by atoms with Crippen molar-refractivity contribution in [1.29, 1.82) is 0 Å². The number of nitrogens with zero attached hydrogens (tertiary/aromatic N) is 2. The molecule has 1 aromatic carbocycles. The molecule has 0 atom stereocenters. The van der Waals surface area contributed by atoms with E-state index in [9.17, 15) is 0 Å². The van der Waals surface area contributed by atoms with Gasteiger partial charge in [0.2, 0.25) is 0 Å². The second-order valence-corrected chi connectivity index (χ2v) is 4.30. The van der Waals surface area contributed by atoms with E-state index in [1.165, 1.54) is 0 Å². The van der Waals surface area contributed by atoms with Gasteiger partial charge in [-0.05, 0) is 32.9 Å². The second kappa shape index (κ2) is 6.75. The molecule has 0 aliphatic rings. The van der Waals surface area contributed by atoms with Crippen molar-refractivity contribution in [3.8, 4) is 5.75 Å². The van der Waals surface area contributed by atoms with Crippen molar-refractivity contribution >= 4 is 17.3 Å². The zero-order valence-electron chi connectivity index (χ0n) is 12.1. The van der Waals surface area contributed by atoms with Crippen molar-refractivity contribution in [2.45, 2.75) is 20.8 Å². The lowest BCUT2D eigenvalue weighted by molar-refractivity contribution is 0.340. The molecule has 0 saturated carbocycles. The van der Waals surface area contributed by atoms with E-state index in [1.54, 1.807) is 0 Å². The molecule has 1 heterocycles. The molecule has 2 N–H and O–H groups in total. The third-order valence-corrected chi connectivity index (χ3v) is 2.61. The van der Waals surface area contributed by atoms with Crippen molar-refractivity contribution in [3.05, 3.63) is 36.2 Å². The number of hydrogen-bond donors (Lipinski definition) is 2. The fraction of sp³-hybridized carbons (Fsp3) is 0.333. The molecule has 0 radical (unpaired) electrons. The summed E-state index contributed by atoms with van der Waals surface area (Å²) in [6.45, 7) is 7.37. The zero-order valence-corrected chi connectivity index (χ0v) is 12.1. The molecule has 0 aliphatic carbocycles. The quantitative estimate of drug-likeness (QED) is 0.844. The maximum Gasteiger partial charge on any atom is 0.136 e. The average molecular weight is 272 g/mol. The topological polar surface area (TPSA) is 59.1 Å². The summed E-state index contributed by atoms with van der Waals surface area (Å²) >= 11 is 0. The van der Waals surface area contributed by atoms with Gasteiger partial charge in [-0.1, -0.05) is 6.07 Å². The molecule has 2 rings (SSSR count). The summed E-state index contributed by atoms with van der Waals surface area (Å²) in [6.07, 6.45) is 0. The van der Waals surface area contributed by atoms with Crippen LogP contribution in [0.2, 0.25) is 0 Å². The summed E-state index contributed by atoms with van der Waals surface area (Å²) in [5, 5.41) is 6.46. The fourth-order valence-corrected chi connectivity index (χ4v) is 1.88. The van der Waals surface area contributed by atoms with Crippen molar-refractivity contribution in [3.63, 3.8) is 0 Å². The Hall–Kier alpha value is -2.30. The summed E-state index contributed by atoms with van der Waals surface area (Å²) in [4.78, 5) is 8.71. The minimum Gasteiger partial charge on any atom is -0.494 e. The van der Waals surface area contributed by atoms with Gasteiger partial charge in [0.1, 0.15) is 23.2 Å². The maximum absolute atomic E-state index is 5.49. The van der Waals surface area contributed by atoms with Gasteiger partial charge in [0.05, 0.1) is 6.61 Å². The molecular weight excluding hydrogens is 252 g/mol. The monoisotopic (exact) mass is 272 g/mol. The minimum absolute atomic E-state index is 0.653. The summed E-state index contributed by atoms with van der Waals surface area (Å²) < 4.78 is 5.49. The molecule has 0 unspecified atom stereocenters. The molecule has 0 fully saturated rings. The van der Waals surface area contributed by atoms with E-state index in [1.807, 2.05) is 51.1 Å². The van der Waals surface area contributed by atoms with Crippen LogP contribution in [-0.2, 0) is 0 Å². The van der Waals surface area contributed by atoms with E-state index in [0.29, 0.717) is 6.61 Å². The van der Waals surface area contributed by atoms with Crippen LogP contribution in [0.5, 0.6) is 5.75 Å². The third-order valence-electron chi connectivity index (χ3n) is 2.61. The summed E-state index contributed by atoms with van der Waals surface area (Å²) in [6, 6.07) is 9.71. The molecular formula is C15H20N4O. The van der Waals surface area contributed by atoms with Gasteiger partial charge in [-0.25, -0.2) is 9.97 Å². The standard InChI is InChI=1S/C15H20N4O/c1-4-16-14-10-15(18-11(3)17-14)19-12-7-6-8-13(9-12)20-5-2/h6-10H,4-5H2,1-3H3,(H2,16,17,18,19). The Balaban J connectivity index is 2.18. The van der Waals surface area contributed by atoms with Gasteiger partial charge < -0.3 is 15.4 Å². The fourth-order valence-electron chi connectivity index (χ4n) is 1.88. The van der Waals surface area contributed by atoms with Crippen LogP contribution in [0.1, 0.15) is 19.7 Å². The van der Waals surface area contributed by atoms with Gasteiger partial charge in [-0.3, -0.25) is 0 Å². The largest absolute Gasteiger partial charge is 0.494 e. The Kier molecular flexibility index (Phi) is 4.76. The molecule has 0 spiro atoms. The molecule has 5 heteroatoms. The number of rotatable bonds is 6. The molecule has 106 valence electrons. The van der Waals surface area contributed by atoms with Crippen LogP contribution in [0.15, 0.2) is 30.3 Å². The van der Waals surface area contributed by atoms with Gasteiger partial charge in [0.15, 0.2) is 0 Å². The highest BCUT2D eigenvalue weighted by Crippen LogP contribution is 2.21. The van der Waals surface area contributed by atoms with E-state index in [4.69, 9.17) is 4.74 Å². The van der Waals surface area contributed by atoms with Crippen LogP contribution in [0.4, 0.5) is 17.3 Å². The number of ether oxygens (including phenoxy) is 1. The summed E-state index contributed by atoms with van der Waals surface area (Å²) in [5.41, 5.74) is 0.941. The van der Waals surface area contributed by atoms with Gasteiger partial charge >= 0.3 is 0 Å². The first-order chi connectivity index (χ1) is 9.71. The number of aromatic nitrogens is 2. The van der Waals surface area contributed by atoms with Crippen molar-refractivity contribution in [1.82, 2.24) is 9.97 Å². The van der Waals surface area contributed by atoms with Crippen molar-refractivity contribution < 1.29 is 4.74 Å². The number of hydrogen-bond acceptors (Lipinski definition) is 5. The third kappa shape index (κ3) is 3.85. The van der Waals surface area contributed by atoms with E-state index in [2.05, 4.69) is 20.6 Å². The van der Waals surface area contributed by atoms with Crippen LogP contribution < -0.4 is 15.4 Å². The number of nitrogens with one attached hydrogen (secondary N) is 2. The molecule has 0 saturated heterocycles. The Morgan fingerprint density at radius 1 is 1.10 bits per heavy atom. The molecule has 0 amide bonds. The summed E-state index contributed by atoms with van der Waals surface area (Å²) in [5.74, 6) is 3.16. The first-order valence-electron chi connectivity index (χ1n) is 6.80. The maximum atomic E-state index is 5.49. The lowest BCUT2D eigenvalue weighted by Gasteiger charge is -2.10. The Labute approximate surface area is 119 Å². The Morgan fingerprint density at radius 2 is 1.90 bits per heavy atom. The van der Waals surface area contributed by atoms with Gasteiger partial charge in [0, 0.05) is 24.4 Å². The van der Waals surface area contributed by atoms with Crippen LogP contribution >= 0.6 is 0 Å². The number of benzene rings is 1. The van der Waals surface area contributed by atoms with Gasteiger partial charge in [0.25, 0.3) is 0 Å². The Bertz CT molecular complexity index is 572. The predicted molar refractivity (Wildman–Crippen MR) is 81.8 cm³/mol. The Morgan fingerprint density at radius 3 is 2.65 bits per heavy atom. The molecule has 5 nitrogen and oxygen atoms in total. The summed E-state index contributed by atoms with van der Waals surface area (Å²) in [7, 11) is 0. The zero-order chi connectivity index (χ0) is 14.4. The van der Waals surface area contributed by atoms with Crippen LogP contribution in [0.25, 0.3) is 0 Å². The molecule has 2 aromatic rings. The van der Waals surface area contributed by atoms with E-state index >= 15 is 0 Å². The normalized spacial score (nSPS) is 10.2. The molecule has 1 aromatic heterocycles. The smallest absolute Gasteiger partial charge is 0.136 e. The SMILES string of the molecule is CCNc1cc(Nc2cccc(OCC)c2)nc(C)n1. The highest BCUT2D eigenvalue weighted by Gasteiger charge is 2.02. The van der Waals surface area contributed by atoms with Gasteiger partial charge in [-0.15, -0.1) is 0 Å². The van der Waals surface area contributed by atoms with E-state index in [0.717, 1.165) is 35.4 Å². The highest BCUT2D eigenvalue weighted by molar-refractivity contribution is 5.60. The molecule has 20 heavy (non-hydrogen) atoms. The highest BCUT2D eigenvalue weighted by atomic mass is 16.5.